The SMILES string of the molecule is N[13c]1n[13c]2[13c](n[13cH]n2[13C@@H]2O[13C@H]([13CH2]OP(=O)([O-])[O-])[13C@H](O)[13CH]2O)[13c](=O)[nH]1.[Li+].[Li+]. The average molecular weight is 385 g/mol. The number of rotatable bonds is 4. The molecule has 1 saturated heterocycles. The summed E-state index contributed by atoms with van der Waals surface area (Å²) in [6, 6.07) is 0. The number of H-pyrrole nitrogens is 1. The molecule has 16 heteroatoms. The van der Waals surface area contributed by atoms with Gasteiger partial charge in [0.05, 0.1) is 20.8 Å². The number of aliphatic hydroxyl groups is 2. The molecule has 0 aromatic carbocycles. The second kappa shape index (κ2) is 8.56. The number of nitrogens with zero attached hydrogens (tertiary/aromatic N) is 3. The molecular weight excluding hydrogens is 373 g/mol. The number of aliphatic hydroxyl groups excluding tert-OH is 2. The Balaban J connectivity index is 0.00000169. The Hall–Kier alpha value is -0.665. The van der Waals surface area contributed by atoms with Gasteiger partial charge in [0.15, 0.2) is 17.4 Å². The standard InChI is InChI=1S/C10H14N5O8P.2Li/c11-10-13-7-4(8(18)14-10)12-2-15(7)9-6(17)5(16)3(23-9)1-22-24(19,20)21;;/h2-3,5-6,9,16-17H,1H2,(H2,19,20,21)(H3,11,13,14,18);;/q;2*+1/p-2/t3-,5+,6?,9-;;/m1../s1/i1+1,2+1,3+1,4+1,5+1,6+1,7+1,8+1,9+1,10+1;;. The van der Waals surface area contributed by atoms with Gasteiger partial charge in [-0.05, 0) is 0 Å². The number of nitrogens with one attached hydrogen (secondary N) is 1. The van der Waals surface area contributed by atoms with Gasteiger partial charge >= 0.3 is 37.7 Å². The van der Waals surface area contributed by atoms with Crippen LogP contribution in [0.4, 0.5) is 5.95 Å². The van der Waals surface area contributed by atoms with Gasteiger partial charge in [0.2, 0.25) is 5.95 Å². The van der Waals surface area contributed by atoms with Crippen molar-refractivity contribution in [1.29, 1.82) is 0 Å². The van der Waals surface area contributed by atoms with Crippen LogP contribution < -0.4 is 58.8 Å². The summed E-state index contributed by atoms with van der Waals surface area (Å²) in [5, 5.41) is 20.0. The van der Waals surface area contributed by atoms with Gasteiger partial charge < -0.3 is 39.6 Å². The van der Waals surface area contributed by atoms with Crippen molar-refractivity contribution in [2.45, 2.75) is 24.5 Å². The molecule has 0 amide bonds. The largest absolute Gasteiger partial charge is 1.00 e. The topological polar surface area (TPSA) is 212 Å². The number of aromatic amines is 1. The fraction of sp³-hybridized carbons (Fsp3) is 0.500. The van der Waals surface area contributed by atoms with Crippen LogP contribution in [0, 0.1) is 0 Å². The Kier molecular flexibility index (Phi) is 7.70. The number of nitrogen functional groups attached to an aromatic ring is 1. The molecule has 13 nitrogen and oxygen atoms in total. The molecule has 2 aromatic rings. The molecule has 26 heavy (non-hydrogen) atoms. The van der Waals surface area contributed by atoms with Gasteiger partial charge in [-0.15, -0.1) is 0 Å². The van der Waals surface area contributed by atoms with E-state index in [1.54, 1.807) is 0 Å². The first-order valence-corrected chi connectivity index (χ1v) is 8.04. The zero-order chi connectivity index (χ0) is 17.6. The van der Waals surface area contributed by atoms with Crippen LogP contribution in [-0.4, -0.2) is 54.7 Å². The molecular formula is C10H12Li2N5O8P. The van der Waals surface area contributed by atoms with Crippen LogP contribution in [0.3, 0.4) is 0 Å². The molecule has 4 atom stereocenters. The van der Waals surface area contributed by atoms with E-state index in [0.29, 0.717) is 0 Å². The minimum absolute atomic E-state index is 0. The maximum Gasteiger partial charge on any atom is 1.00 e. The molecule has 0 bridgehead atoms. The summed E-state index contributed by atoms with van der Waals surface area (Å²) in [5.74, 6) is -0.194. The van der Waals surface area contributed by atoms with E-state index in [1.807, 2.05) is 0 Å². The summed E-state index contributed by atoms with van der Waals surface area (Å²) in [6.07, 6.45) is -4.46. The first-order chi connectivity index (χ1) is 11.2. The molecule has 2 aromatic heterocycles. The van der Waals surface area contributed by atoms with E-state index in [9.17, 15) is 29.4 Å². The van der Waals surface area contributed by atoms with E-state index in [-0.39, 0.29) is 54.8 Å². The number of phosphoric acid groups is 1. The minimum Gasteiger partial charge on any atom is -0.790 e. The number of phosphoric ester groups is 1. The molecule has 1 unspecified atom stereocenters. The monoisotopic (exact) mass is 385 g/mol. The molecule has 132 valence electrons. The van der Waals surface area contributed by atoms with Crippen LogP contribution >= 0.6 is 7.82 Å². The zero-order valence-electron chi connectivity index (χ0n) is 13.8. The van der Waals surface area contributed by atoms with Crippen molar-refractivity contribution in [2.75, 3.05) is 12.3 Å². The van der Waals surface area contributed by atoms with Crippen LogP contribution in [0.25, 0.3) is 11.2 Å². The third-order valence-electron chi connectivity index (χ3n) is 3.46. The summed E-state index contributed by atoms with van der Waals surface area (Å²) in [4.78, 5) is 42.7. The molecule has 5 N–H and O–H groups in total. The number of hydrogen-bond acceptors (Lipinski definition) is 11. The van der Waals surface area contributed by atoms with Gasteiger partial charge in [-0.2, -0.15) is 4.98 Å². The summed E-state index contributed by atoms with van der Waals surface area (Å²) < 4.78 is 21.0. The van der Waals surface area contributed by atoms with Crippen LogP contribution in [0.15, 0.2) is 11.1 Å². The zero-order valence-corrected chi connectivity index (χ0v) is 14.7. The van der Waals surface area contributed by atoms with Gasteiger partial charge in [0, 0.05) is 0 Å². The normalized spacial score (nSPS) is 25.7. The molecule has 1 aliphatic heterocycles. The van der Waals surface area contributed by atoms with Crippen molar-refractivity contribution < 1.29 is 71.5 Å². The van der Waals surface area contributed by atoms with Crippen molar-refractivity contribution in [2.24, 2.45) is 0 Å². The summed E-state index contributed by atoms with van der Waals surface area (Å²) in [6.45, 7) is -0.776. The Morgan fingerprint density at radius 3 is 2.65 bits per heavy atom. The van der Waals surface area contributed by atoms with Crippen LogP contribution in [0.5, 0.6) is 0 Å². The quantitative estimate of drug-likeness (QED) is 0.220. The number of anilines is 1. The molecule has 1 aliphatic rings. The smallest absolute Gasteiger partial charge is 0.790 e. The molecule has 3 rings (SSSR count). The fourth-order valence-corrected chi connectivity index (χ4v) is 2.72. The summed E-state index contributed by atoms with van der Waals surface area (Å²) in [7, 11) is -5.26. The minimum atomic E-state index is -5.26. The van der Waals surface area contributed by atoms with Gasteiger partial charge in [-0.25, -0.2) is 4.98 Å². The maximum atomic E-state index is 11.7. The van der Waals surface area contributed by atoms with E-state index in [1.165, 1.54) is 0 Å². The number of fused-ring (bicyclic) bond motifs is 1. The van der Waals surface area contributed by atoms with Crippen molar-refractivity contribution in [3.05, 3.63) is 16.7 Å². The molecule has 0 spiro atoms. The van der Waals surface area contributed by atoms with E-state index in [0.717, 1.165) is 10.9 Å². The predicted octanol–water partition coefficient (Wildman–Crippen LogP) is -9.83. The molecule has 0 aliphatic carbocycles. The third kappa shape index (κ3) is 4.59. The number of ether oxygens (including phenoxy) is 1. The van der Waals surface area contributed by atoms with E-state index < -0.39 is 44.5 Å². The van der Waals surface area contributed by atoms with Crippen molar-refractivity contribution in [1.82, 2.24) is 19.5 Å². The number of hydrogen-bond donors (Lipinski definition) is 4. The first-order valence-electron chi connectivity index (χ1n) is 6.58. The molecule has 0 saturated carbocycles. The van der Waals surface area contributed by atoms with Gasteiger partial charge in [0.1, 0.15) is 18.3 Å². The number of nitrogens with two attached hydrogens (primary N) is 1. The van der Waals surface area contributed by atoms with Crippen molar-refractivity contribution in [3.8, 4) is 0 Å². The Bertz CT molecular complexity index is 871. The Morgan fingerprint density at radius 2 is 2.04 bits per heavy atom. The van der Waals surface area contributed by atoms with Gasteiger partial charge in [-0.1, -0.05) is 0 Å². The second-order valence-electron chi connectivity index (χ2n) is 5.06. The molecule has 3 heterocycles. The van der Waals surface area contributed by atoms with Gasteiger partial charge in [-0.3, -0.25) is 14.3 Å². The molecule has 1 fully saturated rings. The summed E-state index contributed by atoms with van der Waals surface area (Å²) in [5.41, 5.74) is 4.77. The number of imidazole rings is 1. The second-order valence-corrected chi connectivity index (χ2v) is 6.22. The van der Waals surface area contributed by atoms with E-state index in [2.05, 4.69) is 19.5 Å². The summed E-state index contributed by atoms with van der Waals surface area (Å²) >= 11 is 0. The number of aromatic nitrogens is 4. The van der Waals surface area contributed by atoms with Crippen molar-refractivity contribution in [3.63, 3.8) is 0 Å². The van der Waals surface area contributed by atoms with Crippen LogP contribution in [-0.2, 0) is 13.8 Å². The Morgan fingerprint density at radius 1 is 1.38 bits per heavy atom. The van der Waals surface area contributed by atoms with Crippen LogP contribution in [0.2, 0.25) is 0 Å². The fourth-order valence-electron chi connectivity index (χ4n) is 2.39. The first kappa shape index (κ1) is 23.4. The predicted molar refractivity (Wildman–Crippen MR) is 72.0 cm³/mol. The third-order valence-corrected chi connectivity index (χ3v) is 3.92. The van der Waals surface area contributed by atoms with Gasteiger partial charge in [0.25, 0.3) is 5.56 Å². The van der Waals surface area contributed by atoms with Crippen LogP contribution in [0.1, 0.15) is 6.23 Å². The van der Waals surface area contributed by atoms with E-state index >= 15 is 0 Å². The average Bonchev–Trinajstić information content (AvgIpc) is 3.00. The van der Waals surface area contributed by atoms with E-state index in [4.69, 9.17) is 10.5 Å². The van der Waals surface area contributed by atoms with Crippen molar-refractivity contribution >= 4 is 24.9 Å². The molecule has 0 radical (unpaired) electrons. The maximum absolute atomic E-state index is 11.7. The Labute approximate surface area is 169 Å².